The van der Waals surface area contributed by atoms with Crippen molar-refractivity contribution in [3.05, 3.63) is 52.4 Å². The van der Waals surface area contributed by atoms with Gasteiger partial charge in [0.1, 0.15) is 4.21 Å². The zero-order valence-electron chi connectivity index (χ0n) is 15.2. The van der Waals surface area contributed by atoms with Crippen molar-refractivity contribution < 1.29 is 13.5 Å². The summed E-state index contributed by atoms with van der Waals surface area (Å²) in [4.78, 5) is 4.32. The van der Waals surface area contributed by atoms with Gasteiger partial charge in [-0.1, -0.05) is 29.8 Å². The standard InChI is InChI=1S/C18H24ClN3O3S2/c1-3-20-18(22-13(2)14-6-4-7-15(19)10-14)21-11-16(23)12-27(24,25)17-8-5-9-26-17/h4-10,13,16,23H,3,11-12H2,1-2H3,(H2,20,21,22). The van der Waals surface area contributed by atoms with Crippen LogP contribution < -0.4 is 10.6 Å². The van der Waals surface area contributed by atoms with Gasteiger partial charge in [0.2, 0.25) is 0 Å². The summed E-state index contributed by atoms with van der Waals surface area (Å²) in [5.41, 5.74) is 0.994. The molecule has 0 spiro atoms. The van der Waals surface area contributed by atoms with E-state index < -0.39 is 15.9 Å². The third kappa shape index (κ3) is 6.80. The summed E-state index contributed by atoms with van der Waals surface area (Å²) in [6, 6.07) is 10.6. The van der Waals surface area contributed by atoms with Gasteiger partial charge in [-0.25, -0.2) is 8.42 Å². The predicted octanol–water partition coefficient (Wildman–Crippen LogP) is 2.85. The first-order valence-electron chi connectivity index (χ1n) is 8.56. The summed E-state index contributed by atoms with van der Waals surface area (Å²) in [5, 5.41) is 18.8. The molecular formula is C18H24ClN3O3S2. The van der Waals surface area contributed by atoms with Crippen molar-refractivity contribution in [2.75, 3.05) is 18.8 Å². The summed E-state index contributed by atoms with van der Waals surface area (Å²) in [6.45, 7) is 4.51. The van der Waals surface area contributed by atoms with Crippen LogP contribution in [0.2, 0.25) is 5.02 Å². The topological polar surface area (TPSA) is 90.8 Å². The number of rotatable bonds is 8. The molecule has 2 unspecified atom stereocenters. The van der Waals surface area contributed by atoms with Gasteiger partial charge in [0.15, 0.2) is 15.8 Å². The number of halogens is 1. The number of aliphatic hydroxyl groups is 1. The smallest absolute Gasteiger partial charge is 0.191 e. The van der Waals surface area contributed by atoms with Crippen LogP contribution in [-0.2, 0) is 9.84 Å². The Morgan fingerprint density at radius 3 is 2.74 bits per heavy atom. The molecule has 148 valence electrons. The van der Waals surface area contributed by atoms with Crippen LogP contribution in [0.5, 0.6) is 0 Å². The van der Waals surface area contributed by atoms with Crippen molar-refractivity contribution in [1.29, 1.82) is 0 Å². The number of aliphatic hydroxyl groups excluding tert-OH is 1. The molecule has 0 aliphatic heterocycles. The second kappa shape index (κ2) is 10.1. The first kappa shape index (κ1) is 21.7. The average molecular weight is 430 g/mol. The van der Waals surface area contributed by atoms with E-state index in [1.807, 2.05) is 38.1 Å². The zero-order valence-corrected chi connectivity index (χ0v) is 17.6. The van der Waals surface area contributed by atoms with E-state index in [2.05, 4.69) is 15.6 Å². The summed E-state index contributed by atoms with van der Waals surface area (Å²) < 4.78 is 24.7. The lowest BCUT2D eigenvalue weighted by atomic mass is 10.1. The number of nitrogens with zero attached hydrogens (tertiary/aromatic N) is 1. The molecule has 9 heteroatoms. The number of thiophene rings is 1. The van der Waals surface area contributed by atoms with Gasteiger partial charge in [-0.3, -0.25) is 4.99 Å². The minimum Gasteiger partial charge on any atom is -0.390 e. The van der Waals surface area contributed by atoms with Crippen LogP contribution in [0.25, 0.3) is 0 Å². The van der Waals surface area contributed by atoms with Gasteiger partial charge in [0.05, 0.1) is 24.4 Å². The number of benzene rings is 1. The van der Waals surface area contributed by atoms with Gasteiger partial charge in [-0.05, 0) is 43.0 Å². The largest absolute Gasteiger partial charge is 0.390 e. The van der Waals surface area contributed by atoms with Crippen molar-refractivity contribution in [3.8, 4) is 0 Å². The molecule has 0 radical (unpaired) electrons. The van der Waals surface area contributed by atoms with E-state index in [9.17, 15) is 13.5 Å². The van der Waals surface area contributed by atoms with Crippen LogP contribution in [0.1, 0.15) is 25.5 Å². The second-order valence-electron chi connectivity index (χ2n) is 6.01. The van der Waals surface area contributed by atoms with Crippen LogP contribution in [0, 0.1) is 0 Å². The van der Waals surface area contributed by atoms with Crippen LogP contribution in [-0.4, -0.2) is 44.4 Å². The lowest BCUT2D eigenvalue weighted by Crippen LogP contribution is -2.39. The Labute approximate surface area is 169 Å². The number of aliphatic imine (C=N–C) groups is 1. The van der Waals surface area contributed by atoms with Gasteiger partial charge >= 0.3 is 0 Å². The highest BCUT2D eigenvalue weighted by molar-refractivity contribution is 7.93. The molecule has 2 atom stereocenters. The molecule has 0 bridgehead atoms. The van der Waals surface area contributed by atoms with Crippen LogP contribution in [0.15, 0.2) is 51.0 Å². The molecule has 27 heavy (non-hydrogen) atoms. The predicted molar refractivity (Wildman–Crippen MR) is 111 cm³/mol. The molecule has 1 aromatic heterocycles. The molecule has 6 nitrogen and oxygen atoms in total. The highest BCUT2D eigenvalue weighted by Crippen LogP contribution is 2.19. The third-order valence-corrected chi connectivity index (χ3v) is 7.24. The maximum Gasteiger partial charge on any atom is 0.191 e. The van der Waals surface area contributed by atoms with E-state index in [-0.39, 0.29) is 22.5 Å². The fraction of sp³-hybridized carbons (Fsp3) is 0.389. The maximum absolute atomic E-state index is 12.2. The van der Waals surface area contributed by atoms with Crippen LogP contribution in [0.3, 0.4) is 0 Å². The van der Waals surface area contributed by atoms with E-state index in [0.29, 0.717) is 17.5 Å². The third-order valence-electron chi connectivity index (χ3n) is 3.72. The minimum absolute atomic E-state index is 0.0256. The first-order valence-corrected chi connectivity index (χ1v) is 11.5. The number of guanidine groups is 1. The van der Waals surface area contributed by atoms with Gasteiger partial charge in [-0.2, -0.15) is 0 Å². The molecule has 2 aromatic rings. The number of nitrogens with one attached hydrogen (secondary N) is 2. The molecular weight excluding hydrogens is 406 g/mol. The molecule has 1 heterocycles. The Kier molecular flexibility index (Phi) is 8.09. The molecule has 0 aliphatic carbocycles. The van der Waals surface area contributed by atoms with E-state index in [0.717, 1.165) is 16.9 Å². The second-order valence-corrected chi connectivity index (χ2v) is 9.65. The Bertz CT molecular complexity index is 854. The van der Waals surface area contributed by atoms with E-state index in [4.69, 9.17) is 11.6 Å². The van der Waals surface area contributed by atoms with Gasteiger partial charge in [0.25, 0.3) is 0 Å². The molecule has 0 saturated heterocycles. The fourth-order valence-corrected chi connectivity index (χ4v) is 5.08. The maximum atomic E-state index is 12.2. The molecule has 2 rings (SSSR count). The van der Waals surface area contributed by atoms with Gasteiger partial charge in [-0.15, -0.1) is 11.3 Å². The molecule has 0 fully saturated rings. The molecule has 0 amide bonds. The molecule has 3 N–H and O–H groups in total. The SMILES string of the molecule is CCNC(=NCC(O)CS(=O)(=O)c1cccs1)NC(C)c1cccc(Cl)c1. The average Bonchev–Trinajstić information content (AvgIpc) is 3.15. The Morgan fingerprint density at radius 2 is 2.11 bits per heavy atom. The Morgan fingerprint density at radius 1 is 1.33 bits per heavy atom. The quantitative estimate of drug-likeness (QED) is 0.443. The molecule has 0 aliphatic rings. The summed E-state index contributed by atoms with van der Waals surface area (Å²) >= 11 is 7.17. The lowest BCUT2D eigenvalue weighted by Gasteiger charge is -2.19. The zero-order chi connectivity index (χ0) is 19.9. The summed E-state index contributed by atoms with van der Waals surface area (Å²) in [6.07, 6.45) is -1.09. The van der Waals surface area contributed by atoms with Crippen LogP contribution in [0.4, 0.5) is 0 Å². The molecule has 1 aromatic carbocycles. The number of hydrogen-bond acceptors (Lipinski definition) is 5. The van der Waals surface area contributed by atoms with Crippen molar-refractivity contribution in [3.63, 3.8) is 0 Å². The van der Waals surface area contributed by atoms with E-state index in [1.165, 1.54) is 6.07 Å². The molecule has 0 saturated carbocycles. The highest BCUT2D eigenvalue weighted by atomic mass is 35.5. The summed E-state index contributed by atoms with van der Waals surface area (Å²) in [5.74, 6) is 0.137. The number of hydrogen-bond donors (Lipinski definition) is 3. The van der Waals surface area contributed by atoms with Crippen molar-refractivity contribution >= 4 is 38.7 Å². The van der Waals surface area contributed by atoms with Crippen molar-refractivity contribution in [2.24, 2.45) is 4.99 Å². The van der Waals surface area contributed by atoms with E-state index in [1.54, 1.807) is 11.4 Å². The van der Waals surface area contributed by atoms with Gasteiger partial charge < -0.3 is 15.7 Å². The monoisotopic (exact) mass is 429 g/mol. The first-order chi connectivity index (χ1) is 12.8. The highest BCUT2D eigenvalue weighted by Gasteiger charge is 2.20. The van der Waals surface area contributed by atoms with Crippen LogP contribution >= 0.6 is 22.9 Å². The van der Waals surface area contributed by atoms with Crippen molar-refractivity contribution in [1.82, 2.24) is 10.6 Å². The minimum atomic E-state index is -3.50. The normalized spacial score (nSPS) is 14.6. The Hall–Kier alpha value is -1.61. The summed E-state index contributed by atoms with van der Waals surface area (Å²) in [7, 11) is -3.50. The number of sulfone groups is 1. The van der Waals surface area contributed by atoms with E-state index >= 15 is 0 Å². The van der Waals surface area contributed by atoms with Crippen molar-refractivity contribution in [2.45, 2.75) is 30.2 Å². The lowest BCUT2D eigenvalue weighted by molar-refractivity contribution is 0.206. The Balaban J connectivity index is 1.99. The fourth-order valence-electron chi connectivity index (χ4n) is 2.41. The van der Waals surface area contributed by atoms with Gasteiger partial charge in [0, 0.05) is 11.6 Å².